The van der Waals surface area contributed by atoms with Crippen molar-refractivity contribution < 1.29 is 4.74 Å². The van der Waals surface area contributed by atoms with Crippen LogP contribution in [-0.2, 0) is 11.5 Å². The average Bonchev–Trinajstić information content (AvgIpc) is 3.13. The predicted molar refractivity (Wildman–Crippen MR) is 132 cm³/mol. The predicted octanol–water partition coefficient (Wildman–Crippen LogP) is 6.18. The minimum Gasteiger partial charge on any atom is -0.358 e. The number of hydrogen-bond donors (Lipinski definition) is 0. The molecule has 4 rings (SSSR count). The van der Waals surface area contributed by atoms with Gasteiger partial charge in [0.2, 0.25) is 0 Å². The van der Waals surface area contributed by atoms with Crippen LogP contribution >= 0.6 is 10.5 Å². The lowest BCUT2D eigenvalue weighted by Gasteiger charge is -2.07. The third-order valence-corrected chi connectivity index (χ3v) is 5.77. The van der Waals surface area contributed by atoms with Gasteiger partial charge in [0, 0.05) is 11.1 Å². The Morgan fingerprint density at radius 2 is 1.67 bits per heavy atom. The quantitative estimate of drug-likeness (QED) is 0.254. The van der Waals surface area contributed by atoms with Crippen molar-refractivity contribution in [3.05, 3.63) is 90.1 Å². The molecule has 0 bridgehead atoms. The van der Waals surface area contributed by atoms with E-state index in [0.717, 1.165) is 27.9 Å². The molecule has 0 aliphatic heterocycles. The Labute approximate surface area is 180 Å². The summed E-state index contributed by atoms with van der Waals surface area (Å²) < 4.78 is 7.87. The molecule has 0 spiro atoms. The van der Waals surface area contributed by atoms with E-state index in [1.807, 2.05) is 28.9 Å². The van der Waals surface area contributed by atoms with Crippen LogP contribution in [0.25, 0.3) is 34.2 Å². The maximum atomic E-state index is 5.90. The molecule has 4 aromatic rings. The van der Waals surface area contributed by atoms with Gasteiger partial charge in [0.25, 0.3) is 0 Å². The zero-order chi connectivity index (χ0) is 20.8. The van der Waals surface area contributed by atoms with E-state index in [1.165, 1.54) is 11.1 Å². The summed E-state index contributed by atoms with van der Waals surface area (Å²) in [6.07, 6.45) is 6.31. The maximum Gasteiger partial charge on any atom is 0.140 e. The zero-order valence-electron chi connectivity index (χ0n) is 17.2. The van der Waals surface area contributed by atoms with Crippen LogP contribution in [-0.4, -0.2) is 34.3 Å². The van der Waals surface area contributed by atoms with Gasteiger partial charge in [-0.1, -0.05) is 78.7 Å². The summed E-state index contributed by atoms with van der Waals surface area (Å²) in [5, 5.41) is 5.97. The molecular formula is C26H26N2OS. The van der Waals surface area contributed by atoms with Crippen LogP contribution in [0.3, 0.4) is 0 Å². The van der Waals surface area contributed by atoms with Crippen molar-refractivity contribution >= 4 is 39.4 Å². The van der Waals surface area contributed by atoms with Crippen molar-refractivity contribution in [1.29, 1.82) is 0 Å². The van der Waals surface area contributed by atoms with Crippen LogP contribution in [0.5, 0.6) is 0 Å². The average molecular weight is 415 g/mol. The third kappa shape index (κ3) is 4.96. The van der Waals surface area contributed by atoms with E-state index in [1.54, 1.807) is 0 Å². The number of hydrogen-bond acceptors (Lipinski definition) is 2. The standard InChI is InChI=1S/C26H26N2OS/c1-30(2)18-17-29-20-28-26-19-23(22-11-7-4-8-12-22)14-15-24(26)25(27-28)16-13-21-9-5-3-6-10-21/h3-16,19H,1,17-18,20H2,2H3/b16-13+. The molecule has 0 fully saturated rings. The molecule has 0 aliphatic rings. The van der Waals surface area contributed by atoms with Crippen molar-refractivity contribution in [3.8, 4) is 11.1 Å². The highest BCUT2D eigenvalue weighted by atomic mass is 32.2. The lowest BCUT2D eigenvalue weighted by molar-refractivity contribution is 0.0842. The Kier molecular flexibility index (Phi) is 6.57. The molecule has 1 heterocycles. The summed E-state index contributed by atoms with van der Waals surface area (Å²) in [7, 11) is 0.136. The highest BCUT2D eigenvalue weighted by molar-refractivity contribution is 8.13. The number of rotatable bonds is 8. The zero-order valence-corrected chi connectivity index (χ0v) is 18.0. The topological polar surface area (TPSA) is 27.1 Å². The molecule has 0 N–H and O–H groups in total. The molecule has 1 aromatic heterocycles. The van der Waals surface area contributed by atoms with E-state index in [-0.39, 0.29) is 10.5 Å². The number of nitrogens with zero attached hydrogens (tertiary/aromatic N) is 2. The maximum absolute atomic E-state index is 5.90. The minimum absolute atomic E-state index is 0.136. The van der Waals surface area contributed by atoms with Crippen LogP contribution in [0.2, 0.25) is 0 Å². The Hall–Kier alpha value is -2.95. The third-order valence-electron chi connectivity index (χ3n) is 4.91. The first-order chi connectivity index (χ1) is 14.7. The summed E-state index contributed by atoms with van der Waals surface area (Å²) in [5.41, 5.74) is 5.55. The Balaban J connectivity index is 1.69. The fourth-order valence-corrected chi connectivity index (χ4v) is 3.73. The Morgan fingerprint density at radius 3 is 2.40 bits per heavy atom. The van der Waals surface area contributed by atoms with Crippen LogP contribution in [0.15, 0.2) is 78.9 Å². The summed E-state index contributed by atoms with van der Waals surface area (Å²) in [5.74, 6) is 5.02. The highest BCUT2D eigenvalue weighted by Crippen LogP contribution is 2.27. The molecule has 3 nitrogen and oxygen atoms in total. The van der Waals surface area contributed by atoms with Gasteiger partial charge >= 0.3 is 0 Å². The fraction of sp³-hybridized carbons (Fsp3) is 0.154. The lowest BCUT2D eigenvalue weighted by Crippen LogP contribution is -2.07. The molecule has 0 aliphatic carbocycles. The molecule has 0 saturated heterocycles. The largest absolute Gasteiger partial charge is 0.358 e. The molecule has 152 valence electrons. The first kappa shape index (κ1) is 20.3. The first-order valence-corrected chi connectivity index (χ1v) is 12.0. The van der Waals surface area contributed by atoms with Gasteiger partial charge in [-0.25, -0.2) is 4.68 Å². The van der Waals surface area contributed by atoms with E-state index in [2.05, 4.69) is 78.9 Å². The Bertz CT molecular complexity index is 1160. The van der Waals surface area contributed by atoms with E-state index in [0.29, 0.717) is 13.3 Å². The van der Waals surface area contributed by atoms with Gasteiger partial charge in [-0.2, -0.15) is 15.6 Å². The minimum atomic E-state index is 0.136. The summed E-state index contributed by atoms with van der Waals surface area (Å²) in [6.45, 7) is 1.13. The van der Waals surface area contributed by atoms with Crippen LogP contribution in [0, 0.1) is 0 Å². The van der Waals surface area contributed by atoms with Crippen molar-refractivity contribution in [1.82, 2.24) is 9.78 Å². The second kappa shape index (κ2) is 9.70. The van der Waals surface area contributed by atoms with E-state index in [9.17, 15) is 0 Å². The molecule has 1 atom stereocenters. The van der Waals surface area contributed by atoms with Crippen molar-refractivity contribution in [2.45, 2.75) is 6.73 Å². The van der Waals surface area contributed by atoms with Gasteiger partial charge in [-0.05, 0) is 41.2 Å². The lowest BCUT2D eigenvalue weighted by atomic mass is 10.0. The first-order valence-electron chi connectivity index (χ1n) is 10.00. The van der Waals surface area contributed by atoms with Gasteiger partial charge < -0.3 is 4.74 Å². The van der Waals surface area contributed by atoms with Crippen molar-refractivity contribution in [3.63, 3.8) is 0 Å². The highest BCUT2D eigenvalue weighted by Gasteiger charge is 2.10. The summed E-state index contributed by atoms with van der Waals surface area (Å²) in [4.78, 5) is 0. The van der Waals surface area contributed by atoms with Gasteiger partial charge in [0.05, 0.1) is 17.8 Å². The van der Waals surface area contributed by atoms with Crippen LogP contribution in [0.1, 0.15) is 11.3 Å². The molecule has 1 unspecified atom stereocenters. The van der Waals surface area contributed by atoms with Crippen LogP contribution in [0.4, 0.5) is 0 Å². The van der Waals surface area contributed by atoms with Gasteiger partial charge in [0.1, 0.15) is 6.73 Å². The fourth-order valence-electron chi connectivity index (χ4n) is 3.32. The molecule has 3 aromatic carbocycles. The monoisotopic (exact) mass is 414 g/mol. The van der Waals surface area contributed by atoms with E-state index in [4.69, 9.17) is 9.84 Å². The van der Waals surface area contributed by atoms with Gasteiger partial charge in [-0.3, -0.25) is 0 Å². The van der Waals surface area contributed by atoms with Crippen molar-refractivity contribution in [2.75, 3.05) is 18.6 Å². The van der Waals surface area contributed by atoms with Crippen LogP contribution < -0.4 is 0 Å². The molecule has 0 radical (unpaired) electrons. The van der Waals surface area contributed by atoms with Gasteiger partial charge in [0.15, 0.2) is 0 Å². The van der Waals surface area contributed by atoms with E-state index >= 15 is 0 Å². The number of aromatic nitrogens is 2. The molecule has 0 amide bonds. The molecule has 4 heteroatoms. The van der Waals surface area contributed by atoms with Gasteiger partial charge in [-0.15, -0.1) is 0 Å². The number of ether oxygens (including phenoxy) is 1. The molecule has 30 heavy (non-hydrogen) atoms. The number of benzene rings is 3. The summed E-state index contributed by atoms with van der Waals surface area (Å²) in [6, 6.07) is 27.2. The van der Waals surface area contributed by atoms with E-state index < -0.39 is 0 Å². The second-order valence-electron chi connectivity index (χ2n) is 7.25. The summed E-state index contributed by atoms with van der Waals surface area (Å²) >= 11 is 0. The number of fused-ring (bicyclic) bond motifs is 1. The van der Waals surface area contributed by atoms with Crippen molar-refractivity contribution in [2.24, 2.45) is 0 Å². The smallest absolute Gasteiger partial charge is 0.140 e. The Morgan fingerprint density at radius 1 is 0.933 bits per heavy atom. The molecule has 0 saturated carbocycles. The SMILES string of the molecule is C=S(C)CCOCn1nc(/C=C/c2ccccc2)c2ccc(-c3ccccc3)cc21. The second-order valence-corrected chi connectivity index (χ2v) is 9.22. The molecular weight excluding hydrogens is 388 g/mol. The normalized spacial score (nSPS) is 12.6.